The highest BCUT2D eigenvalue weighted by Gasteiger charge is 2.18. The average molecular weight is 389 g/mol. The number of thioether (sulfide) groups is 2. The molecule has 0 radical (unpaired) electrons. The van der Waals surface area contributed by atoms with Crippen molar-refractivity contribution < 1.29 is 9.59 Å². The van der Waals surface area contributed by atoms with E-state index in [9.17, 15) is 9.59 Å². The van der Waals surface area contributed by atoms with Crippen LogP contribution in [0.5, 0.6) is 0 Å². The van der Waals surface area contributed by atoms with Gasteiger partial charge < -0.3 is 11.1 Å². The van der Waals surface area contributed by atoms with E-state index in [-0.39, 0.29) is 16.9 Å². The number of nitrogens with two attached hydrogens (primary N) is 1. The average Bonchev–Trinajstić information content (AvgIpc) is 2.95. The number of primary amides is 1. The van der Waals surface area contributed by atoms with Crippen molar-refractivity contribution in [1.29, 1.82) is 0 Å². The van der Waals surface area contributed by atoms with Gasteiger partial charge in [0.05, 0.1) is 21.7 Å². The van der Waals surface area contributed by atoms with Gasteiger partial charge in [-0.25, -0.2) is 0 Å². The maximum absolute atomic E-state index is 12.2. The minimum Gasteiger partial charge on any atom is -0.369 e. The molecule has 0 aliphatic heterocycles. The lowest BCUT2D eigenvalue weighted by Gasteiger charge is -2.11. The first-order valence-electron chi connectivity index (χ1n) is 6.42. The van der Waals surface area contributed by atoms with Crippen LogP contribution in [-0.2, 0) is 9.59 Å². The maximum atomic E-state index is 12.2. The zero-order valence-electron chi connectivity index (χ0n) is 12.0. The summed E-state index contributed by atoms with van der Waals surface area (Å²) in [4.78, 5) is 22.9. The van der Waals surface area contributed by atoms with Crippen LogP contribution in [0.1, 0.15) is 6.92 Å². The third-order valence-electron chi connectivity index (χ3n) is 2.50. The van der Waals surface area contributed by atoms with Gasteiger partial charge in [-0.2, -0.15) is 0 Å². The second kappa shape index (κ2) is 8.53. The molecule has 1 heterocycles. The van der Waals surface area contributed by atoms with Crippen LogP contribution in [0.25, 0.3) is 0 Å². The lowest BCUT2D eigenvalue weighted by molar-refractivity contribution is -0.116. The molecule has 1 atom stereocenters. The smallest absolute Gasteiger partial charge is 0.237 e. The monoisotopic (exact) mass is 388 g/mol. The summed E-state index contributed by atoms with van der Waals surface area (Å²) < 4.78 is 1.30. The van der Waals surface area contributed by atoms with Gasteiger partial charge in [-0.3, -0.25) is 9.59 Å². The fourth-order valence-corrected chi connectivity index (χ4v) is 4.52. The SMILES string of the molecule is C[C@@H](Sc1nnc(SCC(N)=O)s1)C(=O)Nc1ccccc1Cl. The molecule has 0 saturated heterocycles. The Morgan fingerprint density at radius 2 is 2.04 bits per heavy atom. The number of nitrogens with one attached hydrogen (secondary N) is 1. The summed E-state index contributed by atoms with van der Waals surface area (Å²) in [7, 11) is 0. The standard InChI is InChI=1S/C13H13ClN4O2S3/c1-7(11(20)16-9-5-3-2-4-8(9)14)22-13-18-17-12(23-13)21-6-10(15)19/h2-5,7H,6H2,1H3,(H2,15,19)(H,16,20)/t7-/m1/s1. The Labute approximate surface area is 150 Å². The highest BCUT2D eigenvalue weighted by Crippen LogP contribution is 2.31. The number of amides is 2. The van der Waals surface area contributed by atoms with Gasteiger partial charge in [-0.05, 0) is 19.1 Å². The van der Waals surface area contributed by atoms with Crippen LogP contribution >= 0.6 is 46.5 Å². The molecule has 122 valence electrons. The van der Waals surface area contributed by atoms with Gasteiger partial charge in [0.2, 0.25) is 11.8 Å². The number of para-hydroxylation sites is 1. The second-order valence-electron chi connectivity index (χ2n) is 4.32. The quantitative estimate of drug-likeness (QED) is 0.707. The molecule has 0 saturated carbocycles. The van der Waals surface area contributed by atoms with E-state index in [0.29, 0.717) is 19.4 Å². The number of halogens is 1. The number of hydrogen-bond donors (Lipinski definition) is 2. The van der Waals surface area contributed by atoms with E-state index in [1.54, 1.807) is 31.2 Å². The zero-order valence-corrected chi connectivity index (χ0v) is 15.2. The Hall–Kier alpha value is -1.29. The van der Waals surface area contributed by atoms with E-state index in [2.05, 4.69) is 15.5 Å². The highest BCUT2D eigenvalue weighted by atomic mass is 35.5. The molecule has 2 aromatic rings. The third kappa shape index (κ3) is 5.69. The van der Waals surface area contributed by atoms with Crippen molar-refractivity contribution in [2.45, 2.75) is 20.9 Å². The first-order valence-corrected chi connectivity index (χ1v) is 9.48. The van der Waals surface area contributed by atoms with E-state index in [1.807, 2.05) is 0 Å². The molecule has 6 nitrogen and oxygen atoms in total. The number of hydrogen-bond acceptors (Lipinski definition) is 7. The Kier molecular flexibility index (Phi) is 6.70. The van der Waals surface area contributed by atoms with Gasteiger partial charge in [0, 0.05) is 0 Å². The van der Waals surface area contributed by atoms with E-state index in [4.69, 9.17) is 17.3 Å². The molecule has 1 aromatic carbocycles. The number of anilines is 1. The number of benzene rings is 1. The molecule has 23 heavy (non-hydrogen) atoms. The molecule has 0 unspecified atom stereocenters. The largest absolute Gasteiger partial charge is 0.369 e. The molecule has 1 aromatic heterocycles. The second-order valence-corrected chi connectivity index (χ2v) is 8.51. The predicted molar refractivity (Wildman–Crippen MR) is 95.2 cm³/mol. The Balaban J connectivity index is 1.91. The van der Waals surface area contributed by atoms with Crippen molar-refractivity contribution in [3.05, 3.63) is 29.3 Å². The topological polar surface area (TPSA) is 98.0 Å². The van der Waals surface area contributed by atoms with Gasteiger partial charge in [0.15, 0.2) is 8.68 Å². The summed E-state index contributed by atoms with van der Waals surface area (Å²) in [6.07, 6.45) is 0. The lowest BCUT2D eigenvalue weighted by Crippen LogP contribution is -2.22. The van der Waals surface area contributed by atoms with Gasteiger partial charge in [-0.1, -0.05) is 58.6 Å². The summed E-state index contributed by atoms with van der Waals surface area (Å²) in [5.41, 5.74) is 5.65. The van der Waals surface area contributed by atoms with Crippen LogP contribution in [0.4, 0.5) is 5.69 Å². The molecule has 0 fully saturated rings. The van der Waals surface area contributed by atoms with E-state index < -0.39 is 5.91 Å². The minimum absolute atomic E-state index is 0.155. The molecular formula is C13H13ClN4O2S3. The van der Waals surface area contributed by atoms with E-state index >= 15 is 0 Å². The van der Waals surface area contributed by atoms with Crippen molar-refractivity contribution in [2.75, 3.05) is 11.1 Å². The molecule has 0 aliphatic rings. The Morgan fingerprint density at radius 3 is 2.74 bits per heavy atom. The van der Waals surface area contributed by atoms with E-state index in [1.165, 1.54) is 34.9 Å². The molecule has 2 rings (SSSR count). The number of rotatable bonds is 7. The molecular weight excluding hydrogens is 376 g/mol. The molecule has 2 amide bonds. The summed E-state index contributed by atoms with van der Waals surface area (Å²) in [5, 5.41) is 10.8. The van der Waals surface area contributed by atoms with Crippen molar-refractivity contribution in [2.24, 2.45) is 5.73 Å². The predicted octanol–water partition coefficient (Wildman–Crippen LogP) is 2.89. The Bertz CT molecular complexity index is 710. The van der Waals surface area contributed by atoms with Crippen LogP contribution in [0.3, 0.4) is 0 Å². The number of nitrogens with zero attached hydrogens (tertiary/aromatic N) is 2. The highest BCUT2D eigenvalue weighted by molar-refractivity contribution is 8.04. The van der Waals surface area contributed by atoms with Gasteiger partial charge in [0.25, 0.3) is 0 Å². The van der Waals surface area contributed by atoms with E-state index in [0.717, 1.165) is 0 Å². The zero-order chi connectivity index (χ0) is 16.8. The molecule has 0 bridgehead atoms. The molecule has 0 aliphatic carbocycles. The normalized spacial score (nSPS) is 11.9. The molecule has 3 N–H and O–H groups in total. The number of aromatic nitrogens is 2. The fourth-order valence-electron chi connectivity index (χ4n) is 1.44. The van der Waals surface area contributed by atoms with Gasteiger partial charge in [-0.15, -0.1) is 10.2 Å². The fraction of sp³-hybridized carbons (Fsp3) is 0.231. The summed E-state index contributed by atoms with van der Waals surface area (Å²) in [6, 6.07) is 7.04. The number of carbonyl (C=O) groups excluding carboxylic acids is 2. The van der Waals surface area contributed by atoms with Crippen molar-refractivity contribution in [1.82, 2.24) is 10.2 Å². The summed E-state index contributed by atoms with van der Waals surface area (Å²) in [6.45, 7) is 1.77. The van der Waals surface area contributed by atoms with Crippen molar-refractivity contribution >= 4 is 64.0 Å². The molecule has 10 heteroatoms. The van der Waals surface area contributed by atoms with Crippen LogP contribution in [0.15, 0.2) is 32.9 Å². The first-order chi connectivity index (χ1) is 11.0. The summed E-state index contributed by atoms with van der Waals surface area (Å²) in [5.74, 6) is -0.432. The van der Waals surface area contributed by atoms with Crippen molar-refractivity contribution in [3.63, 3.8) is 0 Å². The van der Waals surface area contributed by atoms with Gasteiger partial charge >= 0.3 is 0 Å². The lowest BCUT2D eigenvalue weighted by atomic mass is 10.3. The van der Waals surface area contributed by atoms with Crippen LogP contribution in [0.2, 0.25) is 5.02 Å². The van der Waals surface area contributed by atoms with Crippen LogP contribution < -0.4 is 11.1 Å². The van der Waals surface area contributed by atoms with Crippen LogP contribution in [-0.4, -0.2) is 33.0 Å². The molecule has 0 spiro atoms. The maximum Gasteiger partial charge on any atom is 0.237 e. The first kappa shape index (κ1) is 18.1. The van der Waals surface area contributed by atoms with Crippen LogP contribution in [0, 0.1) is 0 Å². The summed E-state index contributed by atoms with van der Waals surface area (Å²) >= 11 is 9.86. The van der Waals surface area contributed by atoms with Crippen molar-refractivity contribution in [3.8, 4) is 0 Å². The minimum atomic E-state index is -0.410. The van der Waals surface area contributed by atoms with Gasteiger partial charge in [0.1, 0.15) is 0 Å². The number of carbonyl (C=O) groups is 2. The Morgan fingerprint density at radius 1 is 1.35 bits per heavy atom. The third-order valence-corrected chi connectivity index (χ3v) is 6.10.